The second kappa shape index (κ2) is 6.97. The molecule has 5 heteroatoms. The molecule has 25 heavy (non-hydrogen) atoms. The largest absolute Gasteiger partial charge is 0.462 e. The van der Waals surface area contributed by atoms with E-state index in [2.05, 4.69) is 53.4 Å². The van der Waals surface area contributed by atoms with Gasteiger partial charge in [-0.15, -0.1) is 0 Å². The van der Waals surface area contributed by atoms with E-state index >= 15 is 0 Å². The van der Waals surface area contributed by atoms with Crippen LogP contribution in [0.5, 0.6) is 0 Å². The van der Waals surface area contributed by atoms with Gasteiger partial charge in [0.2, 0.25) is 5.95 Å². The van der Waals surface area contributed by atoms with Crippen LogP contribution in [0.2, 0.25) is 0 Å². The van der Waals surface area contributed by atoms with E-state index < -0.39 is 0 Å². The molecule has 1 aromatic heterocycles. The number of esters is 1. The Balaban J connectivity index is 1.75. The Bertz CT molecular complexity index is 869. The van der Waals surface area contributed by atoms with Gasteiger partial charge in [0.05, 0.1) is 23.2 Å². The van der Waals surface area contributed by atoms with Gasteiger partial charge < -0.3 is 15.0 Å². The number of hydrogen-bond acceptors (Lipinski definition) is 4. The van der Waals surface area contributed by atoms with Crippen molar-refractivity contribution < 1.29 is 9.53 Å². The summed E-state index contributed by atoms with van der Waals surface area (Å²) in [5, 5.41) is 3.36. The highest BCUT2D eigenvalue weighted by molar-refractivity contribution is 5.94. The van der Waals surface area contributed by atoms with Crippen molar-refractivity contribution in [3.8, 4) is 0 Å². The number of imidazole rings is 1. The fraction of sp³-hybridized carbons (Fsp3) is 0.300. The summed E-state index contributed by atoms with van der Waals surface area (Å²) in [6, 6.07) is 15.7. The number of ether oxygens (including phenoxy) is 1. The van der Waals surface area contributed by atoms with E-state index in [1.807, 2.05) is 12.1 Å². The molecule has 0 saturated heterocycles. The number of anilines is 1. The zero-order valence-corrected chi connectivity index (χ0v) is 14.8. The summed E-state index contributed by atoms with van der Waals surface area (Å²) in [6.45, 7) is 7.28. The first kappa shape index (κ1) is 17.0. The van der Waals surface area contributed by atoms with Crippen LogP contribution in [0.3, 0.4) is 0 Å². The second-order valence-electron chi connectivity index (χ2n) is 6.64. The topological polar surface area (TPSA) is 67.0 Å². The molecule has 3 aromatic rings. The summed E-state index contributed by atoms with van der Waals surface area (Å²) >= 11 is 0. The highest BCUT2D eigenvalue weighted by Gasteiger charge is 2.20. The number of benzene rings is 2. The average molecular weight is 337 g/mol. The van der Waals surface area contributed by atoms with E-state index in [0.717, 1.165) is 17.6 Å². The summed E-state index contributed by atoms with van der Waals surface area (Å²) in [6.07, 6.45) is 0. The Morgan fingerprint density at radius 2 is 1.96 bits per heavy atom. The van der Waals surface area contributed by atoms with Gasteiger partial charge in [0.25, 0.3) is 0 Å². The number of nitrogens with one attached hydrogen (secondary N) is 2. The SMILES string of the molecule is CCOC(=O)c1ccc2nc(NCC(C)(C)c3ccccc3)[nH]c2c1. The molecule has 130 valence electrons. The molecule has 0 aliphatic carbocycles. The monoisotopic (exact) mass is 337 g/mol. The van der Waals surface area contributed by atoms with E-state index in [1.54, 1.807) is 19.1 Å². The fourth-order valence-electron chi connectivity index (χ4n) is 2.73. The third kappa shape index (κ3) is 3.82. The standard InChI is InChI=1S/C20H23N3O2/c1-4-25-18(24)14-10-11-16-17(12-14)23-19(22-16)21-13-20(2,3)15-8-6-5-7-9-15/h5-12H,4,13H2,1-3H3,(H2,21,22,23). The predicted molar refractivity (Wildman–Crippen MR) is 100 cm³/mol. The summed E-state index contributed by atoms with van der Waals surface area (Å²) in [5.41, 5.74) is 3.38. The number of aromatic nitrogens is 2. The van der Waals surface area contributed by atoms with Crippen LogP contribution in [0.4, 0.5) is 5.95 Å². The maximum atomic E-state index is 11.8. The lowest BCUT2D eigenvalue weighted by Gasteiger charge is -2.25. The Kier molecular flexibility index (Phi) is 4.74. The van der Waals surface area contributed by atoms with E-state index in [4.69, 9.17) is 4.74 Å². The van der Waals surface area contributed by atoms with Crippen molar-refractivity contribution in [1.29, 1.82) is 0 Å². The van der Waals surface area contributed by atoms with Crippen molar-refractivity contribution in [3.05, 3.63) is 59.7 Å². The molecule has 5 nitrogen and oxygen atoms in total. The van der Waals surface area contributed by atoms with Gasteiger partial charge in [0.15, 0.2) is 0 Å². The Morgan fingerprint density at radius 1 is 1.20 bits per heavy atom. The molecule has 2 N–H and O–H groups in total. The highest BCUT2D eigenvalue weighted by atomic mass is 16.5. The minimum Gasteiger partial charge on any atom is -0.462 e. The number of hydrogen-bond donors (Lipinski definition) is 2. The van der Waals surface area contributed by atoms with Crippen LogP contribution in [0.15, 0.2) is 48.5 Å². The number of carbonyl (C=O) groups is 1. The lowest BCUT2D eigenvalue weighted by Crippen LogP contribution is -2.27. The summed E-state index contributed by atoms with van der Waals surface area (Å²) < 4.78 is 5.04. The molecule has 0 bridgehead atoms. The molecule has 0 amide bonds. The number of H-pyrrole nitrogens is 1. The van der Waals surface area contributed by atoms with Crippen molar-refractivity contribution in [2.45, 2.75) is 26.2 Å². The van der Waals surface area contributed by atoms with Crippen molar-refractivity contribution >= 4 is 23.0 Å². The smallest absolute Gasteiger partial charge is 0.338 e. The van der Waals surface area contributed by atoms with E-state index in [0.29, 0.717) is 18.1 Å². The van der Waals surface area contributed by atoms with E-state index in [9.17, 15) is 4.79 Å². The molecule has 0 saturated carbocycles. The molecule has 0 spiro atoms. The zero-order chi connectivity index (χ0) is 17.9. The van der Waals surface area contributed by atoms with Gasteiger partial charge in [0.1, 0.15) is 0 Å². The van der Waals surface area contributed by atoms with Crippen LogP contribution in [0, 0.1) is 0 Å². The van der Waals surface area contributed by atoms with Crippen molar-refractivity contribution in [2.24, 2.45) is 0 Å². The van der Waals surface area contributed by atoms with Crippen LogP contribution in [-0.2, 0) is 10.2 Å². The number of aromatic amines is 1. The van der Waals surface area contributed by atoms with Crippen LogP contribution in [0.1, 0.15) is 36.7 Å². The van der Waals surface area contributed by atoms with Crippen molar-refractivity contribution in [2.75, 3.05) is 18.5 Å². The molecular formula is C20H23N3O2. The average Bonchev–Trinajstić information content (AvgIpc) is 3.03. The number of nitrogens with zero attached hydrogens (tertiary/aromatic N) is 1. The third-order valence-electron chi connectivity index (χ3n) is 4.25. The summed E-state index contributed by atoms with van der Waals surface area (Å²) in [4.78, 5) is 19.6. The maximum absolute atomic E-state index is 11.8. The highest BCUT2D eigenvalue weighted by Crippen LogP contribution is 2.24. The lowest BCUT2D eigenvalue weighted by molar-refractivity contribution is 0.0526. The summed E-state index contributed by atoms with van der Waals surface area (Å²) in [7, 11) is 0. The minimum absolute atomic E-state index is 0.0314. The molecular weight excluding hydrogens is 314 g/mol. The fourth-order valence-corrected chi connectivity index (χ4v) is 2.73. The van der Waals surface area contributed by atoms with Crippen LogP contribution >= 0.6 is 0 Å². The molecule has 0 fully saturated rings. The molecule has 3 rings (SSSR count). The predicted octanol–water partition coefficient (Wildman–Crippen LogP) is 4.13. The van der Waals surface area contributed by atoms with Crippen molar-refractivity contribution in [3.63, 3.8) is 0 Å². The molecule has 1 heterocycles. The zero-order valence-electron chi connectivity index (χ0n) is 14.8. The Morgan fingerprint density at radius 3 is 2.68 bits per heavy atom. The van der Waals surface area contributed by atoms with Crippen LogP contribution < -0.4 is 5.32 Å². The molecule has 0 unspecified atom stereocenters. The minimum atomic E-state index is -0.321. The first-order valence-electron chi connectivity index (χ1n) is 8.46. The molecule has 0 radical (unpaired) electrons. The molecule has 2 aromatic carbocycles. The second-order valence-corrected chi connectivity index (χ2v) is 6.64. The molecule has 0 aliphatic rings. The normalized spacial score (nSPS) is 11.5. The van der Waals surface area contributed by atoms with Gasteiger partial charge in [-0.3, -0.25) is 0 Å². The quantitative estimate of drug-likeness (QED) is 0.664. The first-order valence-corrected chi connectivity index (χ1v) is 8.46. The van der Waals surface area contributed by atoms with Gasteiger partial charge in [-0.2, -0.15) is 0 Å². The van der Waals surface area contributed by atoms with Crippen LogP contribution in [0.25, 0.3) is 11.0 Å². The van der Waals surface area contributed by atoms with Gasteiger partial charge in [-0.25, -0.2) is 9.78 Å². The Labute approximate surface area is 147 Å². The maximum Gasteiger partial charge on any atom is 0.338 e. The third-order valence-corrected chi connectivity index (χ3v) is 4.25. The summed E-state index contributed by atoms with van der Waals surface area (Å²) in [5.74, 6) is 0.374. The number of fused-ring (bicyclic) bond motifs is 1. The van der Waals surface area contributed by atoms with Crippen LogP contribution in [-0.4, -0.2) is 29.1 Å². The lowest BCUT2D eigenvalue weighted by atomic mass is 9.85. The molecule has 0 aliphatic heterocycles. The molecule has 0 atom stereocenters. The van der Waals surface area contributed by atoms with Gasteiger partial charge >= 0.3 is 5.97 Å². The van der Waals surface area contributed by atoms with Gasteiger partial charge in [-0.1, -0.05) is 44.2 Å². The van der Waals surface area contributed by atoms with Gasteiger partial charge in [0, 0.05) is 12.0 Å². The first-order chi connectivity index (χ1) is 12.0. The van der Waals surface area contributed by atoms with Gasteiger partial charge in [-0.05, 0) is 30.7 Å². The van der Waals surface area contributed by atoms with E-state index in [1.165, 1.54) is 5.56 Å². The number of rotatable bonds is 6. The van der Waals surface area contributed by atoms with E-state index in [-0.39, 0.29) is 11.4 Å². The van der Waals surface area contributed by atoms with Crippen molar-refractivity contribution in [1.82, 2.24) is 9.97 Å². The number of carbonyl (C=O) groups excluding carboxylic acids is 1. The Hall–Kier alpha value is -2.82.